The number of benzene rings is 2. The monoisotopic (exact) mass is 472 g/mol. The number of carbonyl (C=O) groups excluding carboxylic acids is 1. The Labute approximate surface area is 197 Å². The summed E-state index contributed by atoms with van der Waals surface area (Å²) < 4.78 is 23.7. The Morgan fingerprint density at radius 1 is 1.00 bits per heavy atom. The van der Waals surface area contributed by atoms with E-state index in [9.17, 15) is 4.79 Å². The molecule has 0 spiro atoms. The molecule has 0 bridgehead atoms. The second kappa shape index (κ2) is 11.5. The molecule has 0 saturated heterocycles. The highest BCUT2D eigenvalue weighted by molar-refractivity contribution is 7.99. The van der Waals surface area contributed by atoms with Gasteiger partial charge in [-0.05, 0) is 50.2 Å². The van der Waals surface area contributed by atoms with E-state index in [2.05, 4.69) is 15.5 Å². The standard InChI is InChI=1S/C23H28N4O5S/c1-6-27-22(15-12-18(29-3)21(31-5)19(13-15)30-4)25-26-23(27)33-14-20(28)24-16-8-10-17(11-9-16)32-7-2/h8-13H,6-7,14H2,1-5H3,(H,24,28). The van der Waals surface area contributed by atoms with E-state index in [1.54, 1.807) is 21.3 Å². The van der Waals surface area contributed by atoms with Crippen LogP contribution in [0.15, 0.2) is 41.6 Å². The van der Waals surface area contributed by atoms with Crippen molar-refractivity contribution in [1.29, 1.82) is 0 Å². The van der Waals surface area contributed by atoms with Crippen LogP contribution in [-0.2, 0) is 11.3 Å². The Balaban J connectivity index is 1.74. The molecule has 33 heavy (non-hydrogen) atoms. The normalized spacial score (nSPS) is 10.6. The van der Waals surface area contributed by atoms with Gasteiger partial charge < -0.3 is 28.8 Å². The zero-order chi connectivity index (χ0) is 23.8. The first-order valence-electron chi connectivity index (χ1n) is 10.4. The summed E-state index contributed by atoms with van der Waals surface area (Å²) in [6.07, 6.45) is 0. The average Bonchev–Trinajstić information content (AvgIpc) is 3.26. The molecule has 1 amide bonds. The molecule has 0 aliphatic rings. The van der Waals surface area contributed by atoms with Gasteiger partial charge in [0.2, 0.25) is 11.7 Å². The molecule has 176 valence electrons. The molecule has 0 aliphatic carbocycles. The maximum atomic E-state index is 12.4. The number of aromatic nitrogens is 3. The van der Waals surface area contributed by atoms with Crippen molar-refractivity contribution in [2.75, 3.05) is 39.0 Å². The van der Waals surface area contributed by atoms with Crippen LogP contribution in [0.5, 0.6) is 23.0 Å². The average molecular weight is 473 g/mol. The van der Waals surface area contributed by atoms with Gasteiger partial charge in [-0.15, -0.1) is 10.2 Å². The predicted molar refractivity (Wildman–Crippen MR) is 128 cm³/mol. The molecule has 10 heteroatoms. The summed E-state index contributed by atoms with van der Waals surface area (Å²) in [5.41, 5.74) is 1.48. The van der Waals surface area contributed by atoms with Gasteiger partial charge in [-0.1, -0.05) is 11.8 Å². The van der Waals surface area contributed by atoms with Crippen LogP contribution in [0.3, 0.4) is 0 Å². The lowest BCUT2D eigenvalue weighted by Crippen LogP contribution is -2.14. The van der Waals surface area contributed by atoms with Crippen molar-refractivity contribution in [3.8, 4) is 34.4 Å². The number of carbonyl (C=O) groups is 1. The first kappa shape index (κ1) is 24.2. The first-order valence-corrected chi connectivity index (χ1v) is 11.4. The van der Waals surface area contributed by atoms with Gasteiger partial charge in [0.05, 0.1) is 33.7 Å². The van der Waals surface area contributed by atoms with Gasteiger partial charge in [0.1, 0.15) is 5.75 Å². The minimum Gasteiger partial charge on any atom is -0.494 e. The van der Waals surface area contributed by atoms with Crippen LogP contribution in [0.25, 0.3) is 11.4 Å². The summed E-state index contributed by atoms with van der Waals surface area (Å²) >= 11 is 1.32. The fourth-order valence-electron chi connectivity index (χ4n) is 3.23. The van der Waals surface area contributed by atoms with Gasteiger partial charge in [0.25, 0.3) is 0 Å². The number of ether oxygens (including phenoxy) is 4. The van der Waals surface area contributed by atoms with Crippen LogP contribution in [0.2, 0.25) is 0 Å². The maximum absolute atomic E-state index is 12.4. The molecule has 0 atom stereocenters. The smallest absolute Gasteiger partial charge is 0.234 e. The van der Waals surface area contributed by atoms with E-state index in [-0.39, 0.29) is 11.7 Å². The Kier molecular flexibility index (Phi) is 8.42. The zero-order valence-corrected chi connectivity index (χ0v) is 20.2. The summed E-state index contributed by atoms with van der Waals surface area (Å²) in [4.78, 5) is 12.4. The van der Waals surface area contributed by atoms with Gasteiger partial charge in [-0.2, -0.15) is 0 Å². The van der Waals surface area contributed by atoms with E-state index in [1.165, 1.54) is 11.8 Å². The van der Waals surface area contributed by atoms with Crippen molar-refractivity contribution in [3.05, 3.63) is 36.4 Å². The quantitative estimate of drug-likeness (QED) is 0.416. The minimum absolute atomic E-state index is 0.135. The van der Waals surface area contributed by atoms with Crippen LogP contribution in [0.1, 0.15) is 13.8 Å². The molecule has 0 aliphatic heterocycles. The van der Waals surface area contributed by atoms with E-state index in [0.29, 0.717) is 47.1 Å². The summed E-state index contributed by atoms with van der Waals surface area (Å²) in [5, 5.41) is 12.2. The van der Waals surface area contributed by atoms with Crippen molar-refractivity contribution in [2.24, 2.45) is 0 Å². The highest BCUT2D eigenvalue weighted by Crippen LogP contribution is 2.41. The molecule has 0 saturated carbocycles. The van der Waals surface area contributed by atoms with E-state index >= 15 is 0 Å². The van der Waals surface area contributed by atoms with E-state index < -0.39 is 0 Å². The molecule has 0 radical (unpaired) electrons. The summed E-state index contributed by atoms with van der Waals surface area (Å²) in [6, 6.07) is 10.9. The lowest BCUT2D eigenvalue weighted by atomic mass is 10.1. The molecule has 2 aromatic carbocycles. The molecule has 0 fully saturated rings. The number of nitrogens with zero attached hydrogens (tertiary/aromatic N) is 3. The Morgan fingerprint density at radius 3 is 2.21 bits per heavy atom. The van der Waals surface area contributed by atoms with Gasteiger partial charge in [0, 0.05) is 17.8 Å². The molecule has 1 N–H and O–H groups in total. The third-order valence-corrected chi connectivity index (χ3v) is 5.70. The Bertz CT molecular complexity index is 1060. The van der Waals surface area contributed by atoms with E-state index in [4.69, 9.17) is 18.9 Å². The lowest BCUT2D eigenvalue weighted by Gasteiger charge is -2.14. The topological polar surface area (TPSA) is 96.7 Å². The van der Waals surface area contributed by atoms with Crippen molar-refractivity contribution in [2.45, 2.75) is 25.5 Å². The number of anilines is 1. The van der Waals surface area contributed by atoms with Crippen LogP contribution < -0.4 is 24.3 Å². The molecule has 3 rings (SSSR count). The fourth-order valence-corrected chi connectivity index (χ4v) is 4.03. The maximum Gasteiger partial charge on any atom is 0.234 e. The highest BCUT2D eigenvalue weighted by atomic mass is 32.2. The third-order valence-electron chi connectivity index (χ3n) is 4.74. The van der Waals surface area contributed by atoms with Crippen molar-refractivity contribution >= 4 is 23.4 Å². The number of rotatable bonds is 11. The number of amides is 1. The van der Waals surface area contributed by atoms with Gasteiger partial charge in [-0.25, -0.2) is 0 Å². The number of thioether (sulfide) groups is 1. The predicted octanol–water partition coefficient (Wildman–Crippen LogP) is 4.12. The van der Waals surface area contributed by atoms with Crippen molar-refractivity contribution in [1.82, 2.24) is 14.8 Å². The highest BCUT2D eigenvalue weighted by Gasteiger charge is 2.19. The van der Waals surface area contributed by atoms with Crippen LogP contribution in [-0.4, -0.2) is 54.4 Å². The number of hydrogen-bond donors (Lipinski definition) is 1. The number of hydrogen-bond acceptors (Lipinski definition) is 8. The zero-order valence-electron chi connectivity index (χ0n) is 19.4. The third kappa shape index (κ3) is 5.70. The van der Waals surface area contributed by atoms with E-state index in [0.717, 1.165) is 11.3 Å². The van der Waals surface area contributed by atoms with Gasteiger partial charge in [0.15, 0.2) is 22.5 Å². The molecule has 9 nitrogen and oxygen atoms in total. The molecular weight excluding hydrogens is 444 g/mol. The second-order valence-electron chi connectivity index (χ2n) is 6.76. The molecule has 0 unspecified atom stereocenters. The fraction of sp³-hybridized carbons (Fsp3) is 0.348. The molecule has 1 heterocycles. The van der Waals surface area contributed by atoms with Crippen LogP contribution in [0.4, 0.5) is 5.69 Å². The van der Waals surface area contributed by atoms with Crippen LogP contribution in [0, 0.1) is 0 Å². The van der Waals surface area contributed by atoms with Crippen molar-refractivity contribution in [3.63, 3.8) is 0 Å². The number of nitrogens with one attached hydrogen (secondary N) is 1. The number of methoxy groups -OCH3 is 3. The summed E-state index contributed by atoms with van der Waals surface area (Å²) in [7, 11) is 4.69. The van der Waals surface area contributed by atoms with Gasteiger partial charge in [-0.3, -0.25) is 4.79 Å². The summed E-state index contributed by atoms with van der Waals surface area (Å²) in [6.45, 7) is 5.14. The SMILES string of the molecule is CCOc1ccc(NC(=O)CSc2nnc(-c3cc(OC)c(OC)c(OC)c3)n2CC)cc1. The van der Waals surface area contributed by atoms with Crippen molar-refractivity contribution < 1.29 is 23.7 Å². The lowest BCUT2D eigenvalue weighted by molar-refractivity contribution is -0.113. The molecule has 1 aromatic heterocycles. The van der Waals surface area contributed by atoms with E-state index in [1.807, 2.05) is 54.8 Å². The largest absolute Gasteiger partial charge is 0.494 e. The Morgan fingerprint density at radius 2 is 1.67 bits per heavy atom. The molecule has 3 aromatic rings. The minimum atomic E-state index is -0.135. The Hall–Kier alpha value is -3.40. The summed E-state index contributed by atoms with van der Waals surface area (Å²) in [5.74, 6) is 3.03. The first-order chi connectivity index (χ1) is 16.0. The molecular formula is C23H28N4O5S. The second-order valence-corrected chi connectivity index (χ2v) is 7.70. The van der Waals surface area contributed by atoms with Crippen LogP contribution >= 0.6 is 11.8 Å². The van der Waals surface area contributed by atoms with Gasteiger partial charge >= 0.3 is 0 Å².